The number of unbranched alkanes of at least 4 members (excludes halogenated alkanes) is 1. The van der Waals surface area contributed by atoms with Crippen molar-refractivity contribution in [3.05, 3.63) is 36.4 Å². The Labute approximate surface area is 107 Å². The molecule has 0 fully saturated rings. The summed E-state index contributed by atoms with van der Waals surface area (Å²) in [6, 6.07) is 12.4. The number of nitrogens with one attached hydrogen (secondary N) is 1. The standard InChI is InChI=1S/C14H18N2S/c1-17-11-5-4-10-15-14-9-8-12-6-2-3-7-13(12)16-14/h2-3,6-9H,4-5,10-11H2,1H3,(H,15,16). The van der Waals surface area contributed by atoms with E-state index in [1.54, 1.807) is 0 Å². The molecule has 0 amide bonds. The van der Waals surface area contributed by atoms with Crippen LogP contribution < -0.4 is 5.32 Å². The molecule has 1 aromatic heterocycles. The second kappa shape index (κ2) is 6.50. The van der Waals surface area contributed by atoms with E-state index in [2.05, 4.69) is 34.8 Å². The van der Waals surface area contributed by atoms with Gasteiger partial charge in [-0.15, -0.1) is 0 Å². The molecule has 2 nitrogen and oxygen atoms in total. The van der Waals surface area contributed by atoms with E-state index in [0.29, 0.717) is 0 Å². The Morgan fingerprint density at radius 3 is 2.88 bits per heavy atom. The fraction of sp³-hybridized carbons (Fsp3) is 0.357. The highest BCUT2D eigenvalue weighted by Gasteiger charge is 1.96. The first-order valence-electron chi connectivity index (χ1n) is 5.99. The van der Waals surface area contributed by atoms with Gasteiger partial charge in [-0.2, -0.15) is 11.8 Å². The predicted octanol–water partition coefficient (Wildman–Crippen LogP) is 3.79. The summed E-state index contributed by atoms with van der Waals surface area (Å²) in [6.07, 6.45) is 4.62. The van der Waals surface area contributed by atoms with Crippen molar-refractivity contribution >= 4 is 28.5 Å². The van der Waals surface area contributed by atoms with Gasteiger partial charge in [-0.05, 0) is 43.0 Å². The zero-order valence-corrected chi connectivity index (χ0v) is 11.0. The molecule has 2 aromatic rings. The number of hydrogen-bond donors (Lipinski definition) is 1. The van der Waals surface area contributed by atoms with Gasteiger partial charge >= 0.3 is 0 Å². The topological polar surface area (TPSA) is 24.9 Å². The van der Waals surface area contributed by atoms with Crippen LogP contribution in [0.15, 0.2) is 36.4 Å². The molecule has 3 heteroatoms. The number of rotatable bonds is 6. The van der Waals surface area contributed by atoms with E-state index >= 15 is 0 Å². The molecule has 1 heterocycles. The fourth-order valence-corrected chi connectivity index (χ4v) is 2.25. The van der Waals surface area contributed by atoms with Crippen molar-refractivity contribution in [1.82, 2.24) is 4.98 Å². The highest BCUT2D eigenvalue weighted by atomic mass is 32.2. The van der Waals surface area contributed by atoms with Crippen LogP contribution in [0.5, 0.6) is 0 Å². The maximum atomic E-state index is 4.58. The molecule has 2 rings (SSSR count). The van der Waals surface area contributed by atoms with E-state index in [9.17, 15) is 0 Å². The molecule has 0 aliphatic heterocycles. The minimum Gasteiger partial charge on any atom is -0.370 e. The molecule has 1 N–H and O–H groups in total. The Hall–Kier alpha value is -1.22. The molecule has 0 saturated carbocycles. The average Bonchev–Trinajstić information content (AvgIpc) is 2.38. The summed E-state index contributed by atoms with van der Waals surface area (Å²) in [6.45, 7) is 1.01. The SMILES string of the molecule is CSCCCCNc1ccc2ccccc2n1. The smallest absolute Gasteiger partial charge is 0.126 e. The maximum Gasteiger partial charge on any atom is 0.126 e. The molecule has 17 heavy (non-hydrogen) atoms. The first-order chi connectivity index (χ1) is 8.40. The second-order valence-corrected chi connectivity index (χ2v) is 5.00. The van der Waals surface area contributed by atoms with Crippen molar-refractivity contribution in [2.75, 3.05) is 23.9 Å². The third-order valence-electron chi connectivity index (χ3n) is 2.68. The van der Waals surface area contributed by atoms with Crippen LogP contribution in [-0.2, 0) is 0 Å². The Bertz CT molecular complexity index is 470. The number of fused-ring (bicyclic) bond motifs is 1. The van der Waals surface area contributed by atoms with Gasteiger partial charge in [-0.25, -0.2) is 4.98 Å². The van der Waals surface area contributed by atoms with Gasteiger partial charge in [0, 0.05) is 11.9 Å². The van der Waals surface area contributed by atoms with E-state index in [4.69, 9.17) is 0 Å². The lowest BCUT2D eigenvalue weighted by molar-refractivity contribution is 0.840. The first kappa shape index (κ1) is 12.2. The average molecular weight is 246 g/mol. The maximum absolute atomic E-state index is 4.58. The number of aromatic nitrogens is 1. The summed E-state index contributed by atoms with van der Waals surface area (Å²) in [5.41, 5.74) is 1.06. The molecule has 0 bridgehead atoms. The van der Waals surface area contributed by atoms with Crippen LogP contribution in [-0.4, -0.2) is 23.5 Å². The number of benzene rings is 1. The molecular formula is C14H18N2S. The van der Waals surface area contributed by atoms with Crippen LogP contribution in [0.2, 0.25) is 0 Å². The molecule has 0 atom stereocenters. The van der Waals surface area contributed by atoms with Crippen LogP contribution in [0.3, 0.4) is 0 Å². The molecule has 0 radical (unpaired) electrons. The van der Waals surface area contributed by atoms with Gasteiger partial charge in [0.05, 0.1) is 5.52 Å². The van der Waals surface area contributed by atoms with Gasteiger partial charge in [0.2, 0.25) is 0 Å². The number of para-hydroxylation sites is 1. The van der Waals surface area contributed by atoms with Crippen LogP contribution >= 0.6 is 11.8 Å². The third kappa shape index (κ3) is 3.63. The minimum absolute atomic E-state index is 0.979. The number of thioether (sulfide) groups is 1. The van der Waals surface area contributed by atoms with Gasteiger partial charge < -0.3 is 5.32 Å². The number of pyridine rings is 1. The van der Waals surface area contributed by atoms with Crippen molar-refractivity contribution in [1.29, 1.82) is 0 Å². The monoisotopic (exact) mass is 246 g/mol. The third-order valence-corrected chi connectivity index (χ3v) is 3.38. The zero-order valence-electron chi connectivity index (χ0n) is 10.1. The molecule has 0 aliphatic carbocycles. The largest absolute Gasteiger partial charge is 0.370 e. The molecule has 0 saturated heterocycles. The summed E-state index contributed by atoms with van der Waals surface area (Å²) in [5.74, 6) is 2.22. The predicted molar refractivity (Wildman–Crippen MR) is 77.8 cm³/mol. The normalized spacial score (nSPS) is 10.6. The number of anilines is 1. The summed E-state index contributed by atoms with van der Waals surface area (Å²) in [4.78, 5) is 4.58. The molecular weight excluding hydrogens is 228 g/mol. The Morgan fingerprint density at radius 1 is 1.12 bits per heavy atom. The zero-order chi connectivity index (χ0) is 11.9. The van der Waals surface area contributed by atoms with Crippen LogP contribution in [0, 0.1) is 0 Å². The minimum atomic E-state index is 0.979. The Kier molecular flexibility index (Phi) is 4.68. The molecule has 1 aromatic carbocycles. The summed E-state index contributed by atoms with van der Waals surface area (Å²) in [7, 11) is 0. The number of nitrogens with zero attached hydrogens (tertiary/aromatic N) is 1. The quantitative estimate of drug-likeness (QED) is 0.785. The van der Waals surface area contributed by atoms with Crippen LogP contribution in [0.25, 0.3) is 10.9 Å². The van der Waals surface area contributed by atoms with Gasteiger partial charge in [-0.1, -0.05) is 18.2 Å². The number of hydrogen-bond acceptors (Lipinski definition) is 3. The van der Waals surface area contributed by atoms with E-state index in [0.717, 1.165) is 17.9 Å². The van der Waals surface area contributed by atoms with Gasteiger partial charge in [0.1, 0.15) is 5.82 Å². The molecule has 90 valence electrons. The van der Waals surface area contributed by atoms with Crippen molar-refractivity contribution in [2.24, 2.45) is 0 Å². The van der Waals surface area contributed by atoms with Crippen LogP contribution in [0.4, 0.5) is 5.82 Å². The van der Waals surface area contributed by atoms with Gasteiger partial charge in [-0.3, -0.25) is 0 Å². The van der Waals surface area contributed by atoms with Crippen molar-refractivity contribution in [3.8, 4) is 0 Å². The van der Waals surface area contributed by atoms with E-state index in [-0.39, 0.29) is 0 Å². The lowest BCUT2D eigenvalue weighted by Crippen LogP contribution is -2.03. The lowest BCUT2D eigenvalue weighted by Gasteiger charge is -2.06. The fourth-order valence-electron chi connectivity index (χ4n) is 1.75. The van der Waals surface area contributed by atoms with Crippen molar-refractivity contribution in [2.45, 2.75) is 12.8 Å². The highest BCUT2D eigenvalue weighted by molar-refractivity contribution is 7.98. The first-order valence-corrected chi connectivity index (χ1v) is 7.38. The van der Waals surface area contributed by atoms with Crippen molar-refractivity contribution < 1.29 is 0 Å². The summed E-state index contributed by atoms with van der Waals surface area (Å²) < 4.78 is 0. The van der Waals surface area contributed by atoms with E-state index in [1.165, 1.54) is 24.0 Å². The summed E-state index contributed by atoms with van der Waals surface area (Å²) >= 11 is 1.91. The van der Waals surface area contributed by atoms with Crippen LogP contribution in [0.1, 0.15) is 12.8 Å². The van der Waals surface area contributed by atoms with Crippen molar-refractivity contribution in [3.63, 3.8) is 0 Å². The Balaban J connectivity index is 1.90. The van der Waals surface area contributed by atoms with Gasteiger partial charge in [0.25, 0.3) is 0 Å². The summed E-state index contributed by atoms with van der Waals surface area (Å²) in [5, 5.41) is 4.57. The van der Waals surface area contributed by atoms with E-state index < -0.39 is 0 Å². The lowest BCUT2D eigenvalue weighted by atomic mass is 10.2. The van der Waals surface area contributed by atoms with Gasteiger partial charge in [0.15, 0.2) is 0 Å². The highest BCUT2D eigenvalue weighted by Crippen LogP contribution is 2.14. The molecule has 0 spiro atoms. The molecule has 0 aliphatic rings. The molecule has 0 unspecified atom stereocenters. The van der Waals surface area contributed by atoms with E-state index in [1.807, 2.05) is 30.0 Å². The second-order valence-electron chi connectivity index (χ2n) is 4.02. The Morgan fingerprint density at radius 2 is 2.00 bits per heavy atom.